The topological polar surface area (TPSA) is 76.6 Å². The van der Waals surface area contributed by atoms with Gasteiger partial charge in [-0.15, -0.1) is 0 Å². The second-order valence-corrected chi connectivity index (χ2v) is 10.4. The summed E-state index contributed by atoms with van der Waals surface area (Å²) in [6, 6.07) is 12.6. The Morgan fingerprint density at radius 3 is 2.50 bits per heavy atom. The molecule has 2 aromatic rings. The molecule has 0 saturated carbocycles. The lowest BCUT2D eigenvalue weighted by molar-refractivity contribution is 0.0117. The maximum atomic E-state index is 12.8. The number of carbonyl (C=O) groups is 1. The highest BCUT2D eigenvalue weighted by molar-refractivity contribution is 8.13. The Bertz CT molecular complexity index is 971. The molecule has 1 aliphatic rings. The van der Waals surface area contributed by atoms with Crippen molar-refractivity contribution in [2.75, 3.05) is 0 Å². The summed E-state index contributed by atoms with van der Waals surface area (Å²) in [6.45, 7) is 5.79. The van der Waals surface area contributed by atoms with Gasteiger partial charge in [-0.1, -0.05) is 36.4 Å². The van der Waals surface area contributed by atoms with Gasteiger partial charge in [-0.05, 0) is 44.4 Å². The Balaban J connectivity index is 1.94. The van der Waals surface area contributed by atoms with Gasteiger partial charge in [0.2, 0.25) is 0 Å². The van der Waals surface area contributed by atoms with Gasteiger partial charge in [0.25, 0.3) is 9.05 Å². The van der Waals surface area contributed by atoms with Crippen LogP contribution in [0.4, 0.5) is 4.79 Å². The van der Waals surface area contributed by atoms with Crippen LogP contribution in [0.15, 0.2) is 47.5 Å². The average molecular weight is 423 g/mol. The van der Waals surface area contributed by atoms with Gasteiger partial charge in [0, 0.05) is 28.8 Å². The third-order valence-corrected chi connectivity index (χ3v) is 5.65. The Morgan fingerprint density at radius 2 is 1.89 bits per heavy atom. The number of aromatic nitrogens is 1. The fourth-order valence-corrected chi connectivity index (χ4v) is 3.92. The Morgan fingerprint density at radius 1 is 1.21 bits per heavy atom. The molecule has 2 heterocycles. The first-order chi connectivity index (χ1) is 13.0. The number of benzene rings is 1. The SMILES string of the molecule is CC(C)(C)OC(=O)N1Cc2ccc(S(=O)(=O)Cl)nc2CC1Cc1ccccc1. The smallest absolute Gasteiger partial charge is 0.410 e. The van der Waals surface area contributed by atoms with Gasteiger partial charge in [-0.25, -0.2) is 18.2 Å². The number of hydrogen-bond donors (Lipinski definition) is 0. The lowest BCUT2D eigenvalue weighted by Crippen LogP contribution is -2.47. The van der Waals surface area contributed by atoms with E-state index in [-0.39, 0.29) is 11.1 Å². The summed E-state index contributed by atoms with van der Waals surface area (Å²) in [6.07, 6.45) is 0.635. The molecule has 3 rings (SSSR count). The summed E-state index contributed by atoms with van der Waals surface area (Å²) in [5.41, 5.74) is 1.90. The third-order valence-electron chi connectivity index (χ3n) is 4.45. The molecule has 1 aliphatic heterocycles. The molecule has 28 heavy (non-hydrogen) atoms. The van der Waals surface area contributed by atoms with E-state index >= 15 is 0 Å². The van der Waals surface area contributed by atoms with Crippen molar-refractivity contribution in [1.29, 1.82) is 0 Å². The maximum Gasteiger partial charge on any atom is 0.410 e. The van der Waals surface area contributed by atoms with E-state index in [1.54, 1.807) is 11.0 Å². The summed E-state index contributed by atoms with van der Waals surface area (Å²) in [7, 11) is 1.53. The van der Waals surface area contributed by atoms with Crippen molar-refractivity contribution >= 4 is 25.8 Å². The molecular formula is C20H23ClN2O4S. The number of hydrogen-bond acceptors (Lipinski definition) is 5. The normalized spacial score (nSPS) is 17.1. The number of amides is 1. The monoisotopic (exact) mass is 422 g/mol. The van der Waals surface area contributed by atoms with Crippen molar-refractivity contribution in [3.8, 4) is 0 Å². The van der Waals surface area contributed by atoms with Crippen LogP contribution in [0.2, 0.25) is 0 Å². The molecule has 1 amide bonds. The van der Waals surface area contributed by atoms with Crippen LogP contribution in [0.3, 0.4) is 0 Å². The van der Waals surface area contributed by atoms with Crippen molar-refractivity contribution in [2.45, 2.75) is 56.8 Å². The second kappa shape index (κ2) is 7.72. The van der Waals surface area contributed by atoms with Crippen molar-refractivity contribution in [1.82, 2.24) is 9.88 Å². The highest BCUT2D eigenvalue weighted by Gasteiger charge is 2.34. The maximum absolute atomic E-state index is 12.8. The summed E-state index contributed by atoms with van der Waals surface area (Å²) < 4.78 is 28.9. The molecule has 1 unspecified atom stereocenters. The van der Waals surface area contributed by atoms with E-state index in [9.17, 15) is 13.2 Å². The quantitative estimate of drug-likeness (QED) is 0.701. The van der Waals surface area contributed by atoms with Gasteiger partial charge >= 0.3 is 6.09 Å². The lowest BCUT2D eigenvalue weighted by atomic mass is 9.94. The molecule has 0 spiro atoms. The van der Waals surface area contributed by atoms with Crippen LogP contribution >= 0.6 is 10.7 Å². The van der Waals surface area contributed by atoms with Gasteiger partial charge in [-0.3, -0.25) is 0 Å². The molecule has 1 aromatic heterocycles. The lowest BCUT2D eigenvalue weighted by Gasteiger charge is -2.37. The fraction of sp³-hybridized carbons (Fsp3) is 0.400. The van der Waals surface area contributed by atoms with Crippen LogP contribution in [0.25, 0.3) is 0 Å². The van der Waals surface area contributed by atoms with Gasteiger partial charge in [0.1, 0.15) is 5.60 Å². The summed E-state index contributed by atoms with van der Waals surface area (Å²) in [4.78, 5) is 18.8. The Labute approximate surface area is 169 Å². The molecule has 1 atom stereocenters. The van der Waals surface area contributed by atoms with Gasteiger partial charge < -0.3 is 9.64 Å². The molecular weight excluding hydrogens is 400 g/mol. The van der Waals surface area contributed by atoms with Crippen LogP contribution in [-0.4, -0.2) is 36.0 Å². The number of nitrogens with zero attached hydrogens (tertiary/aromatic N) is 2. The van der Waals surface area contributed by atoms with E-state index in [2.05, 4.69) is 4.98 Å². The summed E-state index contributed by atoms with van der Waals surface area (Å²) in [5.74, 6) is 0. The number of carbonyl (C=O) groups excluding carboxylic acids is 1. The van der Waals surface area contributed by atoms with Crippen LogP contribution in [-0.2, 0) is 33.2 Å². The predicted octanol–water partition coefficient (Wildman–Crippen LogP) is 3.91. The molecule has 0 bridgehead atoms. The zero-order chi connectivity index (χ0) is 20.5. The highest BCUT2D eigenvalue weighted by Crippen LogP contribution is 2.28. The zero-order valence-electron chi connectivity index (χ0n) is 16.1. The number of ether oxygens (including phenoxy) is 1. The minimum Gasteiger partial charge on any atom is -0.444 e. The molecule has 1 aromatic carbocycles. The van der Waals surface area contributed by atoms with Crippen molar-refractivity contribution in [3.63, 3.8) is 0 Å². The van der Waals surface area contributed by atoms with E-state index in [1.807, 2.05) is 51.1 Å². The number of rotatable bonds is 3. The minimum atomic E-state index is -3.91. The fourth-order valence-electron chi connectivity index (χ4n) is 3.22. The zero-order valence-corrected chi connectivity index (χ0v) is 17.6. The third kappa shape index (κ3) is 5.02. The van der Waals surface area contributed by atoms with Gasteiger partial charge in [-0.2, -0.15) is 0 Å². The number of pyridine rings is 1. The number of halogens is 1. The Kier molecular flexibility index (Phi) is 5.68. The van der Waals surface area contributed by atoms with Gasteiger partial charge in [0.15, 0.2) is 5.03 Å². The van der Waals surface area contributed by atoms with Crippen LogP contribution in [0, 0.1) is 0 Å². The molecule has 0 radical (unpaired) electrons. The van der Waals surface area contributed by atoms with E-state index < -0.39 is 20.7 Å². The van der Waals surface area contributed by atoms with E-state index in [0.29, 0.717) is 25.1 Å². The standard InChI is InChI=1S/C20H23ClN2O4S/c1-20(2,3)27-19(24)23-13-15-9-10-18(28(21,25)26)22-17(15)12-16(23)11-14-7-5-4-6-8-14/h4-10,16H,11-13H2,1-3H3. The summed E-state index contributed by atoms with van der Waals surface area (Å²) in [5, 5.41) is -0.169. The van der Waals surface area contributed by atoms with Crippen LogP contribution in [0.1, 0.15) is 37.6 Å². The van der Waals surface area contributed by atoms with Crippen molar-refractivity contribution in [2.24, 2.45) is 0 Å². The van der Waals surface area contributed by atoms with E-state index in [0.717, 1.165) is 11.1 Å². The van der Waals surface area contributed by atoms with Crippen molar-refractivity contribution < 1.29 is 17.9 Å². The van der Waals surface area contributed by atoms with Crippen LogP contribution < -0.4 is 0 Å². The molecule has 0 saturated heterocycles. The molecule has 0 aliphatic carbocycles. The molecule has 150 valence electrons. The molecule has 0 N–H and O–H groups in total. The first kappa shape index (κ1) is 20.6. The minimum absolute atomic E-state index is 0.169. The van der Waals surface area contributed by atoms with Crippen LogP contribution in [0.5, 0.6) is 0 Å². The highest BCUT2D eigenvalue weighted by atomic mass is 35.7. The second-order valence-electron chi connectivity index (χ2n) is 7.85. The van der Waals surface area contributed by atoms with E-state index in [1.165, 1.54) is 6.07 Å². The van der Waals surface area contributed by atoms with E-state index in [4.69, 9.17) is 15.4 Å². The predicted molar refractivity (Wildman–Crippen MR) is 107 cm³/mol. The average Bonchev–Trinajstić information content (AvgIpc) is 2.59. The van der Waals surface area contributed by atoms with Gasteiger partial charge in [0.05, 0.1) is 6.54 Å². The molecule has 8 heteroatoms. The Hall–Kier alpha value is -2.12. The first-order valence-electron chi connectivity index (χ1n) is 9.00. The molecule has 0 fully saturated rings. The number of fused-ring (bicyclic) bond motifs is 1. The first-order valence-corrected chi connectivity index (χ1v) is 11.3. The largest absolute Gasteiger partial charge is 0.444 e. The molecule has 6 nitrogen and oxygen atoms in total. The summed E-state index contributed by atoms with van der Waals surface area (Å²) >= 11 is 0. The van der Waals surface area contributed by atoms with Crippen molar-refractivity contribution in [3.05, 3.63) is 59.3 Å².